The average molecular weight is 367 g/mol. The van der Waals surface area contributed by atoms with Gasteiger partial charge in [0.25, 0.3) is 5.91 Å². The maximum atomic E-state index is 13.7. The van der Waals surface area contributed by atoms with Crippen molar-refractivity contribution in [1.29, 1.82) is 0 Å². The number of quaternary nitrogens is 1. The van der Waals surface area contributed by atoms with E-state index in [1.54, 1.807) is 4.90 Å². The normalized spacial score (nSPS) is 16.4. The Bertz CT molecular complexity index is 1080. The van der Waals surface area contributed by atoms with Crippen LogP contribution >= 0.6 is 0 Å². The lowest BCUT2D eigenvalue weighted by molar-refractivity contribution is -0.857. The van der Waals surface area contributed by atoms with Crippen molar-refractivity contribution < 1.29 is 18.5 Å². The molecule has 1 N–H and O–H groups in total. The summed E-state index contributed by atoms with van der Waals surface area (Å²) in [5.41, 5.74) is 0.993. The molecule has 27 heavy (non-hydrogen) atoms. The number of hydrogen-bond acceptors (Lipinski definition) is 3. The summed E-state index contributed by atoms with van der Waals surface area (Å²) in [6.45, 7) is 1.21. The molecule has 1 aliphatic heterocycles. The Morgan fingerprint density at radius 2 is 1.85 bits per heavy atom. The first-order valence-electron chi connectivity index (χ1n) is 8.88. The molecular weight excluding hydrogens is 347 g/mol. The predicted octanol–water partition coefficient (Wildman–Crippen LogP) is 1.62. The van der Waals surface area contributed by atoms with E-state index >= 15 is 0 Å². The second kappa shape index (κ2) is 6.63. The van der Waals surface area contributed by atoms with Crippen LogP contribution in [0.1, 0.15) is 27.7 Å². The predicted molar refractivity (Wildman–Crippen MR) is 99.4 cm³/mol. The Morgan fingerprint density at radius 3 is 2.56 bits per heavy atom. The number of carbonyl (C=O) groups excluding carboxylic acids is 1. The SMILES string of the molecule is C[NH+](C)CCN1C(=O)c2oc3ccc(F)cc3c(=O)c2[C@H]1c1ccccc1. The number of halogens is 1. The number of hydrogen-bond donors (Lipinski definition) is 1. The number of amides is 1. The monoisotopic (exact) mass is 367 g/mol. The number of nitrogens with one attached hydrogen (secondary N) is 1. The van der Waals surface area contributed by atoms with Gasteiger partial charge in [-0.05, 0) is 23.8 Å². The Balaban J connectivity index is 1.95. The molecule has 0 aliphatic carbocycles. The van der Waals surface area contributed by atoms with Gasteiger partial charge in [-0.3, -0.25) is 9.59 Å². The largest absolute Gasteiger partial charge is 0.450 e. The van der Waals surface area contributed by atoms with E-state index in [1.165, 1.54) is 23.1 Å². The van der Waals surface area contributed by atoms with Crippen molar-refractivity contribution in [3.63, 3.8) is 0 Å². The molecule has 6 heteroatoms. The summed E-state index contributed by atoms with van der Waals surface area (Å²) in [7, 11) is 4.01. The lowest BCUT2D eigenvalue weighted by Crippen LogP contribution is -3.06. The van der Waals surface area contributed by atoms with E-state index < -0.39 is 11.9 Å². The number of nitrogens with zero attached hydrogens (tertiary/aromatic N) is 1. The van der Waals surface area contributed by atoms with Crippen molar-refractivity contribution >= 4 is 16.9 Å². The smallest absolute Gasteiger partial charge is 0.291 e. The van der Waals surface area contributed by atoms with E-state index in [-0.39, 0.29) is 33.6 Å². The van der Waals surface area contributed by atoms with Crippen molar-refractivity contribution in [1.82, 2.24) is 4.90 Å². The summed E-state index contributed by atoms with van der Waals surface area (Å²) >= 11 is 0. The molecule has 4 rings (SSSR count). The summed E-state index contributed by atoms with van der Waals surface area (Å²) in [5.74, 6) is -0.756. The summed E-state index contributed by atoms with van der Waals surface area (Å²) in [6.07, 6.45) is 0. The number of fused-ring (bicyclic) bond motifs is 2. The number of likely N-dealkylation sites (N-methyl/N-ethyl adjacent to an activating group) is 1. The molecule has 2 aromatic carbocycles. The zero-order chi connectivity index (χ0) is 19.1. The molecule has 1 aromatic heterocycles. The van der Waals surface area contributed by atoms with Gasteiger partial charge in [0.1, 0.15) is 11.4 Å². The van der Waals surface area contributed by atoms with Crippen LogP contribution in [0.3, 0.4) is 0 Å². The minimum absolute atomic E-state index is 0.0571. The standard InChI is InChI=1S/C21H19FN2O3/c1-23(2)10-11-24-18(13-6-4-3-5-7-13)17-19(25)15-12-14(22)8-9-16(15)27-20(17)21(24)26/h3-9,12,18H,10-11H2,1-2H3/p+1/t18-/m1/s1. The van der Waals surface area contributed by atoms with Gasteiger partial charge >= 0.3 is 0 Å². The van der Waals surface area contributed by atoms with E-state index in [0.29, 0.717) is 6.54 Å². The summed E-state index contributed by atoms with van der Waals surface area (Å²) in [5, 5.41) is 0.155. The molecule has 0 spiro atoms. The van der Waals surface area contributed by atoms with Crippen molar-refractivity contribution in [3.05, 3.63) is 81.5 Å². The Morgan fingerprint density at radius 1 is 1.11 bits per heavy atom. The molecule has 0 fully saturated rings. The number of rotatable bonds is 4. The Labute approximate surface area is 155 Å². The molecule has 0 radical (unpaired) electrons. The van der Waals surface area contributed by atoms with Crippen molar-refractivity contribution in [2.24, 2.45) is 0 Å². The number of carbonyl (C=O) groups is 1. The molecule has 0 bridgehead atoms. The van der Waals surface area contributed by atoms with Crippen LogP contribution in [0, 0.1) is 5.82 Å². The first-order valence-corrected chi connectivity index (χ1v) is 8.88. The van der Waals surface area contributed by atoms with Crippen LogP contribution in [0.25, 0.3) is 11.0 Å². The summed E-state index contributed by atoms with van der Waals surface area (Å²) < 4.78 is 19.5. The van der Waals surface area contributed by atoms with Crippen LogP contribution in [0.2, 0.25) is 0 Å². The Hall–Kier alpha value is -2.99. The highest BCUT2D eigenvalue weighted by atomic mass is 19.1. The van der Waals surface area contributed by atoms with Gasteiger partial charge in [0.2, 0.25) is 5.76 Å². The first kappa shape index (κ1) is 17.4. The van der Waals surface area contributed by atoms with Crippen molar-refractivity contribution in [2.75, 3.05) is 27.2 Å². The summed E-state index contributed by atoms with van der Waals surface area (Å²) in [6, 6.07) is 12.6. The molecule has 2 heterocycles. The van der Waals surface area contributed by atoms with Gasteiger partial charge in [0.05, 0.1) is 44.2 Å². The minimum atomic E-state index is -0.531. The molecule has 0 unspecified atom stereocenters. The molecule has 3 aromatic rings. The molecule has 0 saturated carbocycles. The van der Waals surface area contributed by atoms with Gasteiger partial charge in [0, 0.05) is 0 Å². The molecule has 1 amide bonds. The van der Waals surface area contributed by atoms with E-state index in [1.807, 2.05) is 44.4 Å². The van der Waals surface area contributed by atoms with Gasteiger partial charge in [-0.25, -0.2) is 4.39 Å². The van der Waals surface area contributed by atoms with Crippen LogP contribution < -0.4 is 10.3 Å². The van der Waals surface area contributed by atoms with Gasteiger partial charge in [0.15, 0.2) is 5.43 Å². The van der Waals surface area contributed by atoms with E-state index in [9.17, 15) is 14.0 Å². The van der Waals surface area contributed by atoms with Crippen LogP contribution in [0.5, 0.6) is 0 Å². The maximum Gasteiger partial charge on any atom is 0.291 e. The third kappa shape index (κ3) is 2.92. The molecule has 138 valence electrons. The highest BCUT2D eigenvalue weighted by molar-refractivity contribution is 5.99. The van der Waals surface area contributed by atoms with Crippen molar-refractivity contribution in [3.8, 4) is 0 Å². The average Bonchev–Trinajstić information content (AvgIpc) is 2.94. The van der Waals surface area contributed by atoms with Crippen LogP contribution in [-0.4, -0.2) is 38.0 Å². The fourth-order valence-electron chi connectivity index (χ4n) is 3.55. The molecule has 0 saturated heterocycles. The third-order valence-electron chi connectivity index (χ3n) is 4.90. The molecular formula is C21H20FN2O3+. The van der Waals surface area contributed by atoms with Crippen LogP contribution in [0.15, 0.2) is 57.7 Å². The molecule has 5 nitrogen and oxygen atoms in total. The summed E-state index contributed by atoms with van der Waals surface area (Å²) in [4.78, 5) is 29.1. The lowest BCUT2D eigenvalue weighted by Gasteiger charge is -2.25. The highest BCUT2D eigenvalue weighted by Gasteiger charge is 2.42. The highest BCUT2D eigenvalue weighted by Crippen LogP contribution is 2.37. The number of benzene rings is 2. The fourth-order valence-corrected chi connectivity index (χ4v) is 3.55. The van der Waals surface area contributed by atoms with Crippen LogP contribution in [-0.2, 0) is 0 Å². The molecule has 1 aliphatic rings. The van der Waals surface area contributed by atoms with E-state index in [2.05, 4.69) is 0 Å². The minimum Gasteiger partial charge on any atom is -0.450 e. The van der Waals surface area contributed by atoms with Gasteiger partial charge in [-0.15, -0.1) is 0 Å². The zero-order valence-electron chi connectivity index (χ0n) is 15.2. The van der Waals surface area contributed by atoms with Gasteiger partial charge in [-0.2, -0.15) is 0 Å². The lowest BCUT2D eigenvalue weighted by atomic mass is 9.98. The van der Waals surface area contributed by atoms with E-state index in [0.717, 1.165) is 12.1 Å². The van der Waals surface area contributed by atoms with E-state index in [4.69, 9.17) is 4.42 Å². The second-order valence-corrected chi connectivity index (χ2v) is 7.08. The van der Waals surface area contributed by atoms with Gasteiger partial charge < -0.3 is 14.2 Å². The zero-order valence-corrected chi connectivity index (χ0v) is 15.2. The Kier molecular flexibility index (Phi) is 4.28. The maximum absolute atomic E-state index is 13.7. The first-order chi connectivity index (χ1) is 13.0. The second-order valence-electron chi connectivity index (χ2n) is 7.08. The topological polar surface area (TPSA) is 55.0 Å². The van der Waals surface area contributed by atoms with Gasteiger partial charge in [-0.1, -0.05) is 30.3 Å². The quantitative estimate of drug-likeness (QED) is 0.763. The molecule has 1 atom stereocenters. The third-order valence-corrected chi connectivity index (χ3v) is 4.90. The van der Waals surface area contributed by atoms with Crippen LogP contribution in [0.4, 0.5) is 4.39 Å². The van der Waals surface area contributed by atoms with Crippen molar-refractivity contribution in [2.45, 2.75) is 6.04 Å². The fraction of sp³-hybridized carbons (Fsp3) is 0.238.